The minimum Gasteiger partial charge on any atom is -0.493 e. The van der Waals surface area contributed by atoms with Gasteiger partial charge in [0.2, 0.25) is 0 Å². The predicted octanol–water partition coefficient (Wildman–Crippen LogP) is 6.16. The van der Waals surface area contributed by atoms with Crippen LogP contribution in [0, 0.1) is 9.39 Å². The number of nitrogens with one attached hydrogen (secondary N) is 1. The molecular formula is C25H16Cl2FIN2O4S. The maximum absolute atomic E-state index is 13.5. The molecule has 0 atom stereocenters. The quantitative estimate of drug-likeness (QED) is 0.149. The summed E-state index contributed by atoms with van der Waals surface area (Å²) in [7, 11) is 1.47. The van der Waals surface area contributed by atoms with Crippen molar-refractivity contribution in [1.82, 2.24) is 5.32 Å². The Bertz CT molecular complexity index is 1430. The summed E-state index contributed by atoms with van der Waals surface area (Å²) < 4.78 is 25.5. The molecule has 0 aromatic heterocycles. The highest BCUT2D eigenvalue weighted by atomic mass is 127. The molecule has 1 aliphatic rings. The van der Waals surface area contributed by atoms with Crippen molar-refractivity contribution in [2.45, 2.75) is 6.61 Å². The third kappa shape index (κ3) is 5.49. The van der Waals surface area contributed by atoms with Crippen LogP contribution in [0.15, 0.2) is 60.2 Å². The van der Waals surface area contributed by atoms with Gasteiger partial charge < -0.3 is 9.47 Å². The molecule has 3 aromatic carbocycles. The topological polar surface area (TPSA) is 67.9 Å². The van der Waals surface area contributed by atoms with Gasteiger partial charge in [0.15, 0.2) is 16.6 Å². The summed E-state index contributed by atoms with van der Waals surface area (Å²) in [5, 5.41) is 2.76. The minimum absolute atomic E-state index is 0.112. The summed E-state index contributed by atoms with van der Waals surface area (Å²) in [5.74, 6) is -0.854. The maximum Gasteiger partial charge on any atom is 0.270 e. The SMILES string of the molecule is COc1cc(/C=C2\C(=O)NC(=S)N(c3cccc(Cl)c3Cl)C2=O)cc(I)c1OCc1cccc(F)c1. The molecule has 0 aliphatic carbocycles. The van der Waals surface area contributed by atoms with Crippen molar-refractivity contribution in [2.75, 3.05) is 12.0 Å². The second kappa shape index (κ2) is 11.1. The van der Waals surface area contributed by atoms with E-state index in [4.69, 9.17) is 44.9 Å². The maximum atomic E-state index is 13.5. The summed E-state index contributed by atoms with van der Waals surface area (Å²) in [6.07, 6.45) is 1.42. The molecule has 3 aromatic rings. The molecule has 36 heavy (non-hydrogen) atoms. The van der Waals surface area contributed by atoms with Gasteiger partial charge in [0.1, 0.15) is 18.0 Å². The van der Waals surface area contributed by atoms with Crippen LogP contribution in [0.25, 0.3) is 6.08 Å². The number of halogens is 4. The van der Waals surface area contributed by atoms with Gasteiger partial charge in [-0.25, -0.2) is 4.39 Å². The average Bonchev–Trinajstić information content (AvgIpc) is 2.83. The second-order valence-corrected chi connectivity index (χ2v) is 9.82. The number of hydrogen-bond acceptors (Lipinski definition) is 5. The molecule has 1 fully saturated rings. The van der Waals surface area contributed by atoms with E-state index in [2.05, 4.69) is 27.9 Å². The van der Waals surface area contributed by atoms with Crippen molar-refractivity contribution in [3.05, 3.63) is 90.7 Å². The van der Waals surface area contributed by atoms with Crippen LogP contribution in [-0.4, -0.2) is 24.0 Å². The summed E-state index contributed by atoms with van der Waals surface area (Å²) in [5.41, 5.74) is 1.25. The van der Waals surface area contributed by atoms with Gasteiger partial charge in [0.05, 0.1) is 26.4 Å². The number of rotatable bonds is 6. The zero-order chi connectivity index (χ0) is 26.0. The fourth-order valence-electron chi connectivity index (χ4n) is 3.45. The van der Waals surface area contributed by atoms with E-state index in [0.29, 0.717) is 26.2 Å². The Hall–Kier alpha value is -2.73. The van der Waals surface area contributed by atoms with E-state index in [0.717, 1.165) is 4.90 Å². The van der Waals surface area contributed by atoms with Crippen molar-refractivity contribution in [3.8, 4) is 11.5 Å². The molecule has 0 unspecified atom stereocenters. The summed E-state index contributed by atoms with van der Waals surface area (Å²) >= 11 is 19.7. The Kier molecular flexibility index (Phi) is 8.13. The number of benzene rings is 3. The van der Waals surface area contributed by atoms with Crippen molar-refractivity contribution in [3.63, 3.8) is 0 Å². The third-order valence-electron chi connectivity index (χ3n) is 5.11. The van der Waals surface area contributed by atoms with E-state index in [1.807, 2.05) is 0 Å². The van der Waals surface area contributed by atoms with Gasteiger partial charge in [0.25, 0.3) is 11.8 Å². The van der Waals surface area contributed by atoms with Gasteiger partial charge in [-0.3, -0.25) is 19.8 Å². The average molecular weight is 657 g/mol. The minimum atomic E-state index is -0.659. The predicted molar refractivity (Wildman–Crippen MR) is 149 cm³/mol. The number of nitrogens with zero attached hydrogens (tertiary/aromatic N) is 1. The van der Waals surface area contributed by atoms with Crippen molar-refractivity contribution in [2.24, 2.45) is 0 Å². The van der Waals surface area contributed by atoms with E-state index in [9.17, 15) is 14.0 Å². The van der Waals surface area contributed by atoms with Gasteiger partial charge in [-0.2, -0.15) is 0 Å². The highest BCUT2D eigenvalue weighted by molar-refractivity contribution is 14.1. The molecule has 0 saturated carbocycles. The van der Waals surface area contributed by atoms with Crippen LogP contribution in [-0.2, 0) is 16.2 Å². The van der Waals surface area contributed by atoms with E-state index >= 15 is 0 Å². The number of anilines is 1. The van der Waals surface area contributed by atoms with Gasteiger partial charge in [-0.1, -0.05) is 41.4 Å². The molecule has 11 heteroatoms. The first-order valence-electron chi connectivity index (χ1n) is 10.3. The van der Waals surface area contributed by atoms with Crippen LogP contribution < -0.4 is 19.7 Å². The number of carbonyl (C=O) groups is 2. The zero-order valence-corrected chi connectivity index (χ0v) is 23.0. The monoisotopic (exact) mass is 656 g/mol. The molecule has 6 nitrogen and oxygen atoms in total. The highest BCUT2D eigenvalue weighted by Gasteiger charge is 2.35. The molecule has 0 spiro atoms. The van der Waals surface area contributed by atoms with Crippen LogP contribution >= 0.6 is 58.0 Å². The van der Waals surface area contributed by atoms with Crippen molar-refractivity contribution >= 4 is 86.7 Å². The molecule has 1 heterocycles. The molecule has 184 valence electrons. The Morgan fingerprint density at radius 3 is 2.61 bits per heavy atom. The number of ether oxygens (including phenoxy) is 2. The molecule has 0 radical (unpaired) electrons. The number of thiocarbonyl (C=S) groups is 1. The highest BCUT2D eigenvalue weighted by Crippen LogP contribution is 2.37. The second-order valence-electron chi connectivity index (χ2n) is 7.48. The standard InChI is InChI=1S/C25H16Cl2FIN2O4S/c1-34-20-11-14(10-18(29)22(20)35-12-13-4-2-5-15(28)8-13)9-16-23(32)30-25(36)31(24(16)33)19-7-3-6-17(26)21(19)27/h2-11H,12H2,1H3,(H,30,32,36)/b16-9+. The van der Waals surface area contributed by atoms with Gasteiger partial charge in [-0.15, -0.1) is 0 Å². The lowest BCUT2D eigenvalue weighted by molar-refractivity contribution is -0.122. The number of methoxy groups -OCH3 is 1. The van der Waals surface area contributed by atoms with E-state index in [1.165, 1.54) is 25.3 Å². The zero-order valence-electron chi connectivity index (χ0n) is 18.5. The first-order chi connectivity index (χ1) is 17.2. The summed E-state index contributed by atoms with van der Waals surface area (Å²) in [4.78, 5) is 27.1. The Morgan fingerprint density at radius 2 is 1.89 bits per heavy atom. The molecule has 1 aliphatic heterocycles. The normalized spacial score (nSPS) is 14.8. The number of carbonyl (C=O) groups excluding carboxylic acids is 2. The Labute approximate surface area is 235 Å². The molecule has 4 rings (SSSR count). The third-order valence-corrected chi connectivity index (χ3v) is 7.00. The summed E-state index contributed by atoms with van der Waals surface area (Å²) in [6, 6.07) is 14.2. The van der Waals surface area contributed by atoms with Gasteiger partial charge >= 0.3 is 0 Å². The summed E-state index contributed by atoms with van der Waals surface area (Å²) in [6.45, 7) is 0.123. The van der Waals surface area contributed by atoms with E-state index < -0.39 is 11.8 Å². The first kappa shape index (κ1) is 26.3. The Balaban J connectivity index is 1.66. The van der Waals surface area contributed by atoms with Crippen molar-refractivity contribution < 1.29 is 23.5 Å². The van der Waals surface area contributed by atoms with Crippen LogP contribution in [0.5, 0.6) is 11.5 Å². The fraction of sp³-hybridized carbons (Fsp3) is 0.0800. The molecular weight excluding hydrogens is 641 g/mol. The van der Waals surface area contributed by atoms with Crippen LogP contribution in [0.4, 0.5) is 10.1 Å². The van der Waals surface area contributed by atoms with Crippen LogP contribution in [0.3, 0.4) is 0 Å². The number of hydrogen-bond donors (Lipinski definition) is 1. The van der Waals surface area contributed by atoms with Crippen LogP contribution in [0.2, 0.25) is 10.0 Å². The van der Waals surface area contributed by atoms with E-state index in [1.54, 1.807) is 42.5 Å². The molecule has 1 saturated heterocycles. The number of amides is 2. The Morgan fingerprint density at radius 1 is 1.14 bits per heavy atom. The lowest BCUT2D eigenvalue weighted by Gasteiger charge is -2.29. The lowest BCUT2D eigenvalue weighted by atomic mass is 10.1. The van der Waals surface area contributed by atoms with E-state index in [-0.39, 0.29) is 38.8 Å². The smallest absolute Gasteiger partial charge is 0.270 e. The van der Waals surface area contributed by atoms with Crippen molar-refractivity contribution in [1.29, 1.82) is 0 Å². The van der Waals surface area contributed by atoms with Crippen LogP contribution in [0.1, 0.15) is 11.1 Å². The molecule has 2 amide bonds. The van der Waals surface area contributed by atoms with Gasteiger partial charge in [-0.05, 0) is 88.4 Å². The fourth-order valence-corrected chi connectivity index (χ4v) is 4.89. The molecule has 1 N–H and O–H groups in total. The molecule has 0 bridgehead atoms. The first-order valence-corrected chi connectivity index (χ1v) is 12.5. The largest absolute Gasteiger partial charge is 0.493 e. The van der Waals surface area contributed by atoms with Gasteiger partial charge in [0, 0.05) is 0 Å². The lowest BCUT2D eigenvalue weighted by Crippen LogP contribution is -2.54.